The Morgan fingerprint density at radius 1 is 1.32 bits per heavy atom. The number of ether oxygens (including phenoxy) is 1. The summed E-state index contributed by atoms with van der Waals surface area (Å²) >= 11 is 0. The Labute approximate surface area is 130 Å². The van der Waals surface area contributed by atoms with Gasteiger partial charge in [0.05, 0.1) is 12.7 Å². The molecule has 22 heavy (non-hydrogen) atoms. The second kappa shape index (κ2) is 6.47. The van der Waals surface area contributed by atoms with E-state index in [-0.39, 0.29) is 0 Å². The molecule has 0 atom stereocenters. The van der Waals surface area contributed by atoms with Gasteiger partial charge in [0.2, 0.25) is 0 Å². The van der Waals surface area contributed by atoms with Gasteiger partial charge in [0, 0.05) is 19.3 Å². The van der Waals surface area contributed by atoms with Crippen molar-refractivity contribution in [1.82, 2.24) is 4.98 Å². The molecule has 116 valence electrons. The molecular formula is C17H21N3O2. The summed E-state index contributed by atoms with van der Waals surface area (Å²) in [7, 11) is 3.53. The predicted molar refractivity (Wildman–Crippen MR) is 87.3 cm³/mol. The molecule has 0 saturated heterocycles. The van der Waals surface area contributed by atoms with Crippen molar-refractivity contribution < 1.29 is 9.53 Å². The summed E-state index contributed by atoms with van der Waals surface area (Å²) in [5.74, 6) is 0.944. The Morgan fingerprint density at radius 3 is 2.68 bits per heavy atom. The molecule has 0 radical (unpaired) electrons. The van der Waals surface area contributed by atoms with E-state index in [0.717, 1.165) is 22.6 Å². The maximum absolute atomic E-state index is 11.7. The molecular weight excluding hydrogens is 278 g/mol. The smallest absolute Gasteiger partial charge is 0.252 e. The van der Waals surface area contributed by atoms with E-state index in [9.17, 15) is 4.79 Å². The highest BCUT2D eigenvalue weighted by atomic mass is 16.5. The number of aromatic nitrogens is 1. The molecule has 0 aliphatic rings. The molecule has 0 saturated carbocycles. The summed E-state index contributed by atoms with van der Waals surface area (Å²) in [4.78, 5) is 18.2. The number of hydrogen-bond acceptors (Lipinski definition) is 4. The summed E-state index contributed by atoms with van der Waals surface area (Å²) in [5, 5.41) is 0. The lowest BCUT2D eigenvalue weighted by Gasteiger charge is -2.22. The third kappa shape index (κ3) is 3.36. The molecule has 0 bridgehead atoms. The third-order valence-electron chi connectivity index (χ3n) is 3.49. The molecule has 2 N–H and O–H groups in total. The van der Waals surface area contributed by atoms with Gasteiger partial charge in [-0.15, -0.1) is 0 Å². The van der Waals surface area contributed by atoms with E-state index in [0.29, 0.717) is 17.9 Å². The minimum Gasteiger partial charge on any atom is -0.497 e. The number of carbonyl (C=O) groups excluding carboxylic acids is 1. The fraction of sp³-hybridized carbons (Fsp3) is 0.294. The Hall–Kier alpha value is -2.56. The Kier molecular flexibility index (Phi) is 4.65. The second-order valence-electron chi connectivity index (χ2n) is 5.35. The number of amides is 1. The van der Waals surface area contributed by atoms with Gasteiger partial charge in [0.25, 0.3) is 5.91 Å². The van der Waals surface area contributed by atoms with E-state index >= 15 is 0 Å². The maximum Gasteiger partial charge on any atom is 0.252 e. The van der Waals surface area contributed by atoms with Gasteiger partial charge in [0.1, 0.15) is 11.6 Å². The molecule has 0 unspecified atom stereocenters. The summed E-state index contributed by atoms with van der Waals surface area (Å²) in [6, 6.07) is 9.66. The van der Waals surface area contributed by atoms with Crippen LogP contribution in [0.4, 0.5) is 5.82 Å². The van der Waals surface area contributed by atoms with Crippen LogP contribution in [-0.2, 0) is 6.54 Å². The second-order valence-corrected chi connectivity index (χ2v) is 5.35. The number of aryl methyl sites for hydroxylation is 2. The molecule has 0 aliphatic carbocycles. The zero-order chi connectivity index (χ0) is 16.3. The van der Waals surface area contributed by atoms with Crippen LogP contribution in [0, 0.1) is 13.8 Å². The van der Waals surface area contributed by atoms with Crippen LogP contribution < -0.4 is 15.4 Å². The summed E-state index contributed by atoms with van der Waals surface area (Å²) < 4.78 is 5.23. The van der Waals surface area contributed by atoms with Gasteiger partial charge >= 0.3 is 0 Å². The first kappa shape index (κ1) is 15.8. The molecule has 1 heterocycles. The summed E-state index contributed by atoms with van der Waals surface area (Å²) in [5.41, 5.74) is 8.75. The van der Waals surface area contributed by atoms with E-state index in [4.69, 9.17) is 10.5 Å². The Morgan fingerprint density at radius 2 is 2.05 bits per heavy atom. The van der Waals surface area contributed by atoms with Crippen LogP contribution >= 0.6 is 0 Å². The van der Waals surface area contributed by atoms with Crippen molar-refractivity contribution in [2.75, 3.05) is 19.1 Å². The number of primary amides is 1. The fourth-order valence-corrected chi connectivity index (χ4v) is 2.52. The zero-order valence-electron chi connectivity index (χ0n) is 13.4. The molecule has 1 aromatic carbocycles. The minimum absolute atomic E-state index is 0.461. The van der Waals surface area contributed by atoms with Crippen LogP contribution in [-0.4, -0.2) is 25.0 Å². The Balaban J connectivity index is 2.36. The van der Waals surface area contributed by atoms with Crippen molar-refractivity contribution in [3.63, 3.8) is 0 Å². The first-order valence-electron chi connectivity index (χ1n) is 7.04. The largest absolute Gasteiger partial charge is 0.497 e. The molecule has 1 amide bonds. The quantitative estimate of drug-likeness (QED) is 0.920. The van der Waals surface area contributed by atoms with Crippen molar-refractivity contribution in [3.8, 4) is 5.75 Å². The lowest BCUT2D eigenvalue weighted by atomic mass is 10.1. The minimum atomic E-state index is -0.461. The monoisotopic (exact) mass is 299 g/mol. The highest BCUT2D eigenvalue weighted by Crippen LogP contribution is 2.23. The average molecular weight is 299 g/mol. The number of methoxy groups -OCH3 is 1. The van der Waals surface area contributed by atoms with Crippen molar-refractivity contribution in [2.45, 2.75) is 20.4 Å². The van der Waals surface area contributed by atoms with E-state index in [1.165, 1.54) is 0 Å². The normalized spacial score (nSPS) is 10.4. The standard InChI is InChI=1S/C17H21N3O2/c1-11-8-12(2)19-17(15(11)16(18)21)20(3)10-13-6-5-7-14(9-13)22-4/h5-9H,10H2,1-4H3,(H2,18,21). The van der Waals surface area contributed by atoms with Gasteiger partial charge in [-0.25, -0.2) is 4.98 Å². The van der Waals surface area contributed by atoms with E-state index in [1.54, 1.807) is 7.11 Å². The number of nitrogens with two attached hydrogens (primary N) is 1. The number of anilines is 1. The summed E-state index contributed by atoms with van der Waals surface area (Å²) in [6.45, 7) is 4.38. The van der Waals surface area contributed by atoms with Gasteiger partial charge in [-0.3, -0.25) is 4.79 Å². The van der Waals surface area contributed by atoms with Crippen LogP contribution in [0.3, 0.4) is 0 Å². The number of carbonyl (C=O) groups is 1. The molecule has 2 rings (SSSR count). The van der Waals surface area contributed by atoms with E-state index < -0.39 is 5.91 Å². The molecule has 5 nitrogen and oxygen atoms in total. The van der Waals surface area contributed by atoms with Gasteiger partial charge < -0.3 is 15.4 Å². The molecule has 2 aromatic rings. The van der Waals surface area contributed by atoms with Crippen molar-refractivity contribution in [2.24, 2.45) is 5.73 Å². The molecule has 0 aliphatic heterocycles. The van der Waals surface area contributed by atoms with Gasteiger partial charge in [-0.05, 0) is 43.2 Å². The third-order valence-corrected chi connectivity index (χ3v) is 3.49. The molecule has 0 spiro atoms. The van der Waals surface area contributed by atoms with Crippen molar-refractivity contribution in [3.05, 3.63) is 52.7 Å². The number of nitrogens with zero attached hydrogens (tertiary/aromatic N) is 2. The van der Waals surface area contributed by atoms with Gasteiger partial charge in [0.15, 0.2) is 0 Å². The molecule has 0 fully saturated rings. The average Bonchev–Trinajstić information content (AvgIpc) is 2.46. The van der Waals surface area contributed by atoms with Crippen LogP contribution in [0.5, 0.6) is 5.75 Å². The highest BCUT2D eigenvalue weighted by Gasteiger charge is 2.17. The van der Waals surface area contributed by atoms with Gasteiger partial charge in [-0.2, -0.15) is 0 Å². The number of benzene rings is 1. The van der Waals surface area contributed by atoms with Crippen LogP contribution in [0.2, 0.25) is 0 Å². The number of pyridine rings is 1. The van der Waals surface area contributed by atoms with E-state index in [2.05, 4.69) is 4.98 Å². The topological polar surface area (TPSA) is 68.4 Å². The lowest BCUT2D eigenvalue weighted by Crippen LogP contribution is -2.24. The molecule has 5 heteroatoms. The first-order valence-corrected chi connectivity index (χ1v) is 7.04. The lowest BCUT2D eigenvalue weighted by molar-refractivity contribution is 0.1000. The van der Waals surface area contributed by atoms with Crippen LogP contribution in [0.25, 0.3) is 0 Å². The highest BCUT2D eigenvalue weighted by molar-refractivity contribution is 5.99. The summed E-state index contributed by atoms with van der Waals surface area (Å²) in [6.07, 6.45) is 0. The number of rotatable bonds is 5. The Bertz CT molecular complexity index is 698. The zero-order valence-corrected chi connectivity index (χ0v) is 13.4. The first-order chi connectivity index (χ1) is 10.4. The van der Waals surface area contributed by atoms with Crippen molar-refractivity contribution in [1.29, 1.82) is 0 Å². The van der Waals surface area contributed by atoms with Crippen LogP contribution in [0.15, 0.2) is 30.3 Å². The van der Waals surface area contributed by atoms with E-state index in [1.807, 2.05) is 56.1 Å². The van der Waals surface area contributed by atoms with Crippen molar-refractivity contribution >= 4 is 11.7 Å². The molecule has 1 aromatic heterocycles. The number of hydrogen-bond donors (Lipinski definition) is 1. The van der Waals surface area contributed by atoms with Crippen LogP contribution in [0.1, 0.15) is 27.2 Å². The SMILES string of the molecule is COc1cccc(CN(C)c2nc(C)cc(C)c2C(N)=O)c1. The maximum atomic E-state index is 11.7. The predicted octanol–water partition coefficient (Wildman–Crippen LogP) is 2.44. The van der Waals surface area contributed by atoms with Gasteiger partial charge in [-0.1, -0.05) is 12.1 Å². The fourth-order valence-electron chi connectivity index (χ4n) is 2.52.